The Hall–Kier alpha value is -1.90. The highest BCUT2D eigenvalue weighted by Gasteiger charge is 2.02. The number of guanidine groups is 1. The van der Waals surface area contributed by atoms with Crippen LogP contribution in [0.2, 0.25) is 0 Å². The molecule has 0 atom stereocenters. The van der Waals surface area contributed by atoms with Gasteiger partial charge in [0, 0.05) is 18.8 Å². The maximum atomic E-state index is 12.9. The number of hydrogen-bond donors (Lipinski definition) is 2. The number of nitrogens with one attached hydrogen (secondary N) is 1. The van der Waals surface area contributed by atoms with Crippen LogP contribution >= 0.6 is 24.0 Å². The summed E-state index contributed by atoms with van der Waals surface area (Å²) in [5.74, 6) is 1.70. The first kappa shape index (κ1) is 21.1. The number of nitrogens with two attached hydrogens (primary N) is 1. The van der Waals surface area contributed by atoms with E-state index in [1.54, 1.807) is 24.4 Å². The second-order valence-electron chi connectivity index (χ2n) is 5.87. The Bertz CT molecular complexity index is 677. The highest BCUT2D eigenvalue weighted by atomic mass is 127. The van der Waals surface area contributed by atoms with E-state index in [4.69, 9.17) is 10.5 Å². The van der Waals surface area contributed by atoms with Crippen molar-refractivity contribution in [3.63, 3.8) is 0 Å². The molecule has 3 N–H and O–H groups in total. The zero-order chi connectivity index (χ0) is 17.4. The first-order valence-corrected chi connectivity index (χ1v) is 7.95. The third-order valence-electron chi connectivity index (χ3n) is 3.30. The SMILES string of the molecule is CC(C)CCNC(N)=NCc1ccnc(Oc2ccc(F)cc2)c1.I. The number of nitrogens with zero attached hydrogens (tertiary/aromatic N) is 2. The highest BCUT2D eigenvalue weighted by Crippen LogP contribution is 2.20. The molecule has 0 saturated heterocycles. The van der Waals surface area contributed by atoms with E-state index in [1.807, 2.05) is 6.07 Å². The van der Waals surface area contributed by atoms with Gasteiger partial charge in [0.1, 0.15) is 11.6 Å². The van der Waals surface area contributed by atoms with Crippen molar-refractivity contribution in [3.05, 3.63) is 54.0 Å². The Labute approximate surface area is 164 Å². The predicted molar refractivity (Wildman–Crippen MR) is 109 cm³/mol. The molecule has 0 radical (unpaired) electrons. The molecule has 0 unspecified atom stereocenters. The van der Waals surface area contributed by atoms with Crippen LogP contribution in [0.5, 0.6) is 11.6 Å². The summed E-state index contributed by atoms with van der Waals surface area (Å²) in [5, 5.41) is 3.09. The minimum absolute atomic E-state index is 0. The van der Waals surface area contributed by atoms with E-state index < -0.39 is 0 Å². The summed E-state index contributed by atoms with van der Waals surface area (Å²) < 4.78 is 18.5. The molecule has 1 heterocycles. The number of pyridine rings is 1. The molecule has 0 fully saturated rings. The van der Waals surface area contributed by atoms with E-state index in [9.17, 15) is 4.39 Å². The number of hydrogen-bond acceptors (Lipinski definition) is 3. The number of aliphatic imine (C=N–C) groups is 1. The zero-order valence-corrected chi connectivity index (χ0v) is 16.7. The van der Waals surface area contributed by atoms with Gasteiger partial charge >= 0.3 is 0 Å². The van der Waals surface area contributed by atoms with Gasteiger partial charge in [0.15, 0.2) is 5.96 Å². The molecule has 0 saturated carbocycles. The maximum absolute atomic E-state index is 12.9. The lowest BCUT2D eigenvalue weighted by molar-refractivity contribution is 0.460. The molecule has 0 aliphatic carbocycles. The standard InChI is InChI=1S/C18H23FN4O.HI/c1-13(2)7-9-22-18(20)23-12-14-8-10-21-17(11-14)24-16-5-3-15(19)4-6-16;/h3-6,8,10-11,13H,7,9,12H2,1-2H3,(H3,20,22,23);1H. The van der Waals surface area contributed by atoms with Crippen molar-refractivity contribution >= 4 is 29.9 Å². The molecule has 5 nitrogen and oxygen atoms in total. The number of aromatic nitrogens is 1. The highest BCUT2D eigenvalue weighted by molar-refractivity contribution is 14.0. The summed E-state index contributed by atoms with van der Waals surface area (Å²) in [6.45, 7) is 5.56. The van der Waals surface area contributed by atoms with Crippen LogP contribution in [0, 0.1) is 11.7 Å². The van der Waals surface area contributed by atoms with Gasteiger partial charge in [-0.1, -0.05) is 13.8 Å². The second-order valence-corrected chi connectivity index (χ2v) is 5.87. The fourth-order valence-electron chi connectivity index (χ4n) is 1.95. The van der Waals surface area contributed by atoms with Gasteiger partial charge in [0.25, 0.3) is 0 Å². The van der Waals surface area contributed by atoms with Gasteiger partial charge in [-0.2, -0.15) is 0 Å². The number of rotatable bonds is 7. The molecule has 2 aromatic rings. The molecule has 0 spiro atoms. The molecule has 1 aromatic carbocycles. The monoisotopic (exact) mass is 458 g/mol. The normalized spacial score (nSPS) is 11.1. The van der Waals surface area contributed by atoms with Gasteiger partial charge in [-0.3, -0.25) is 0 Å². The van der Waals surface area contributed by atoms with Crippen molar-refractivity contribution in [1.29, 1.82) is 0 Å². The third kappa shape index (κ3) is 8.15. The van der Waals surface area contributed by atoms with Crippen molar-refractivity contribution in [2.75, 3.05) is 6.54 Å². The number of ether oxygens (including phenoxy) is 1. The average Bonchev–Trinajstić information content (AvgIpc) is 2.55. The Balaban J connectivity index is 0.00000312. The Morgan fingerprint density at radius 3 is 2.68 bits per heavy atom. The fraction of sp³-hybridized carbons (Fsp3) is 0.333. The lowest BCUT2D eigenvalue weighted by Crippen LogP contribution is -2.32. The first-order valence-electron chi connectivity index (χ1n) is 7.95. The minimum Gasteiger partial charge on any atom is -0.439 e. The first-order chi connectivity index (χ1) is 11.5. The Morgan fingerprint density at radius 1 is 1.28 bits per heavy atom. The van der Waals surface area contributed by atoms with Crippen LogP contribution in [0.4, 0.5) is 4.39 Å². The number of halogens is 2. The van der Waals surface area contributed by atoms with Crippen molar-refractivity contribution in [2.24, 2.45) is 16.6 Å². The van der Waals surface area contributed by atoms with Gasteiger partial charge in [-0.05, 0) is 48.2 Å². The summed E-state index contributed by atoms with van der Waals surface area (Å²) in [5.41, 5.74) is 6.77. The van der Waals surface area contributed by atoms with Crippen LogP contribution in [0.15, 0.2) is 47.6 Å². The van der Waals surface area contributed by atoms with Crippen LogP contribution < -0.4 is 15.8 Å². The molecular weight excluding hydrogens is 434 g/mol. The zero-order valence-electron chi connectivity index (χ0n) is 14.4. The maximum Gasteiger partial charge on any atom is 0.219 e. The summed E-state index contributed by atoms with van der Waals surface area (Å²) >= 11 is 0. The van der Waals surface area contributed by atoms with E-state index in [2.05, 4.69) is 29.1 Å². The van der Waals surface area contributed by atoms with E-state index in [0.717, 1.165) is 18.5 Å². The molecule has 25 heavy (non-hydrogen) atoms. The summed E-state index contributed by atoms with van der Waals surface area (Å²) in [7, 11) is 0. The van der Waals surface area contributed by atoms with Gasteiger partial charge in [0.05, 0.1) is 6.54 Å². The number of benzene rings is 1. The van der Waals surface area contributed by atoms with Crippen molar-refractivity contribution in [1.82, 2.24) is 10.3 Å². The van der Waals surface area contributed by atoms with Crippen LogP contribution in [0.3, 0.4) is 0 Å². The smallest absolute Gasteiger partial charge is 0.219 e. The topological polar surface area (TPSA) is 72.5 Å². The fourth-order valence-corrected chi connectivity index (χ4v) is 1.95. The van der Waals surface area contributed by atoms with Crippen LogP contribution in [-0.2, 0) is 6.54 Å². The summed E-state index contributed by atoms with van der Waals surface area (Å²) in [6, 6.07) is 9.42. The molecule has 136 valence electrons. The summed E-state index contributed by atoms with van der Waals surface area (Å²) in [4.78, 5) is 8.44. The molecular formula is C18H24FIN4O. The van der Waals surface area contributed by atoms with Crippen molar-refractivity contribution in [2.45, 2.75) is 26.8 Å². The van der Waals surface area contributed by atoms with Gasteiger partial charge < -0.3 is 15.8 Å². The third-order valence-corrected chi connectivity index (χ3v) is 3.30. The van der Waals surface area contributed by atoms with Gasteiger partial charge in [-0.15, -0.1) is 24.0 Å². The van der Waals surface area contributed by atoms with Crippen LogP contribution in [-0.4, -0.2) is 17.5 Å². The molecule has 2 rings (SSSR count). The molecule has 0 amide bonds. The Kier molecular flexibility index (Phi) is 9.18. The van der Waals surface area contributed by atoms with Crippen LogP contribution in [0.25, 0.3) is 0 Å². The predicted octanol–water partition coefficient (Wildman–Crippen LogP) is 4.08. The molecule has 0 aliphatic heterocycles. The molecule has 1 aromatic heterocycles. The van der Waals surface area contributed by atoms with Gasteiger partial charge in [-0.25, -0.2) is 14.4 Å². The van der Waals surface area contributed by atoms with E-state index >= 15 is 0 Å². The van der Waals surface area contributed by atoms with E-state index in [1.165, 1.54) is 12.1 Å². The van der Waals surface area contributed by atoms with Crippen molar-refractivity contribution in [3.8, 4) is 11.6 Å². The second kappa shape index (κ2) is 10.9. The Morgan fingerprint density at radius 2 is 2.00 bits per heavy atom. The van der Waals surface area contributed by atoms with Crippen molar-refractivity contribution < 1.29 is 9.13 Å². The average molecular weight is 458 g/mol. The molecule has 7 heteroatoms. The van der Waals surface area contributed by atoms with Crippen LogP contribution in [0.1, 0.15) is 25.8 Å². The van der Waals surface area contributed by atoms with E-state index in [0.29, 0.717) is 30.1 Å². The lowest BCUT2D eigenvalue weighted by Gasteiger charge is -2.08. The summed E-state index contributed by atoms with van der Waals surface area (Å²) in [6.07, 6.45) is 2.69. The lowest BCUT2D eigenvalue weighted by atomic mass is 10.1. The largest absolute Gasteiger partial charge is 0.439 e. The quantitative estimate of drug-likeness (QED) is 0.373. The molecule has 0 aliphatic rings. The minimum atomic E-state index is -0.307. The van der Waals surface area contributed by atoms with E-state index in [-0.39, 0.29) is 29.8 Å². The molecule has 0 bridgehead atoms. The van der Waals surface area contributed by atoms with Gasteiger partial charge in [0.2, 0.25) is 5.88 Å².